The third-order valence-electron chi connectivity index (χ3n) is 4.15. The van der Waals surface area contributed by atoms with E-state index in [0.717, 1.165) is 17.7 Å². The first kappa shape index (κ1) is 21.0. The summed E-state index contributed by atoms with van der Waals surface area (Å²) in [5.41, 5.74) is 2.03. The Bertz CT molecular complexity index is 721. The number of hydrogen-bond acceptors (Lipinski definition) is 5. The van der Waals surface area contributed by atoms with Gasteiger partial charge in [0.25, 0.3) is 5.91 Å². The number of carbonyl (C=O) groups is 1. The van der Waals surface area contributed by atoms with Crippen LogP contribution in [0.3, 0.4) is 0 Å². The van der Waals surface area contributed by atoms with Crippen molar-refractivity contribution in [3.05, 3.63) is 59.7 Å². The highest BCUT2D eigenvalue weighted by molar-refractivity contribution is 5.85. The van der Waals surface area contributed by atoms with Crippen LogP contribution >= 0.6 is 12.4 Å². The number of ether oxygens (including phenoxy) is 3. The van der Waals surface area contributed by atoms with Gasteiger partial charge in [0.15, 0.2) is 11.5 Å². The molecule has 1 amide bonds. The lowest BCUT2D eigenvalue weighted by molar-refractivity contribution is -0.134. The van der Waals surface area contributed by atoms with Gasteiger partial charge in [-0.2, -0.15) is 0 Å². The molecule has 1 saturated heterocycles. The first-order chi connectivity index (χ1) is 12.8. The standard InChI is InChI=1S/C20H24N2O4.ClH/c1-24-18-11-16(12-22-20(23)19-13-21-9-10-25-19)7-8-17(18)26-14-15-5-3-2-4-6-15;/h2-8,11,19,21H,9-10,12-14H2,1H3,(H,22,23);1H. The second kappa shape index (κ2) is 10.8. The summed E-state index contributed by atoms with van der Waals surface area (Å²) in [5.74, 6) is 1.20. The maximum absolute atomic E-state index is 12.1. The van der Waals surface area contributed by atoms with E-state index < -0.39 is 6.10 Å². The van der Waals surface area contributed by atoms with Crippen molar-refractivity contribution in [2.45, 2.75) is 19.3 Å². The number of amides is 1. The van der Waals surface area contributed by atoms with E-state index in [0.29, 0.717) is 37.8 Å². The predicted molar refractivity (Wildman–Crippen MR) is 105 cm³/mol. The molecule has 2 aromatic carbocycles. The first-order valence-corrected chi connectivity index (χ1v) is 8.70. The van der Waals surface area contributed by atoms with Crippen LogP contribution < -0.4 is 20.1 Å². The molecule has 0 aromatic heterocycles. The van der Waals surface area contributed by atoms with E-state index >= 15 is 0 Å². The van der Waals surface area contributed by atoms with Gasteiger partial charge in [-0.3, -0.25) is 4.79 Å². The minimum absolute atomic E-state index is 0. The summed E-state index contributed by atoms with van der Waals surface area (Å²) in [5, 5.41) is 6.04. The van der Waals surface area contributed by atoms with Gasteiger partial charge in [0.2, 0.25) is 0 Å². The summed E-state index contributed by atoms with van der Waals surface area (Å²) >= 11 is 0. The van der Waals surface area contributed by atoms with Crippen molar-refractivity contribution in [3.8, 4) is 11.5 Å². The first-order valence-electron chi connectivity index (χ1n) is 8.70. The molecule has 0 bridgehead atoms. The van der Waals surface area contributed by atoms with Crippen LogP contribution in [-0.2, 0) is 22.7 Å². The molecule has 1 aliphatic rings. The van der Waals surface area contributed by atoms with Gasteiger partial charge in [-0.1, -0.05) is 36.4 Å². The molecular formula is C20H25ClN2O4. The van der Waals surface area contributed by atoms with E-state index in [4.69, 9.17) is 14.2 Å². The molecule has 3 rings (SSSR count). The third-order valence-corrected chi connectivity index (χ3v) is 4.15. The van der Waals surface area contributed by atoms with Crippen LogP contribution in [0.2, 0.25) is 0 Å². The largest absolute Gasteiger partial charge is 0.493 e. The fraction of sp³-hybridized carbons (Fsp3) is 0.350. The normalized spacial score (nSPS) is 16.1. The van der Waals surface area contributed by atoms with E-state index in [1.54, 1.807) is 7.11 Å². The van der Waals surface area contributed by atoms with E-state index in [1.807, 2.05) is 48.5 Å². The molecule has 1 aliphatic heterocycles. The number of benzene rings is 2. The minimum Gasteiger partial charge on any atom is -0.493 e. The van der Waals surface area contributed by atoms with Gasteiger partial charge in [0, 0.05) is 19.6 Å². The van der Waals surface area contributed by atoms with Crippen molar-refractivity contribution in [1.82, 2.24) is 10.6 Å². The van der Waals surface area contributed by atoms with E-state index in [-0.39, 0.29) is 18.3 Å². The van der Waals surface area contributed by atoms with Crippen molar-refractivity contribution in [1.29, 1.82) is 0 Å². The Morgan fingerprint density at radius 1 is 1.19 bits per heavy atom. The van der Waals surface area contributed by atoms with E-state index in [2.05, 4.69) is 10.6 Å². The van der Waals surface area contributed by atoms with Crippen LogP contribution in [0.5, 0.6) is 11.5 Å². The van der Waals surface area contributed by atoms with Crippen LogP contribution in [0.4, 0.5) is 0 Å². The highest BCUT2D eigenvalue weighted by atomic mass is 35.5. The molecule has 1 unspecified atom stereocenters. The molecule has 2 aromatic rings. The summed E-state index contributed by atoms with van der Waals surface area (Å²) in [6, 6.07) is 15.6. The average molecular weight is 393 g/mol. The fourth-order valence-electron chi connectivity index (χ4n) is 2.71. The predicted octanol–water partition coefficient (Wildman–Crippen LogP) is 2.30. The Balaban J connectivity index is 0.00000261. The van der Waals surface area contributed by atoms with Crippen LogP contribution in [0.1, 0.15) is 11.1 Å². The SMILES string of the molecule is COc1cc(CNC(=O)C2CNCCO2)ccc1OCc1ccccc1.Cl. The van der Waals surface area contributed by atoms with Crippen LogP contribution in [0.25, 0.3) is 0 Å². The van der Waals surface area contributed by atoms with Crippen LogP contribution in [-0.4, -0.2) is 38.8 Å². The van der Waals surface area contributed by atoms with Gasteiger partial charge in [-0.05, 0) is 23.3 Å². The highest BCUT2D eigenvalue weighted by Gasteiger charge is 2.21. The molecule has 0 spiro atoms. The fourth-order valence-corrected chi connectivity index (χ4v) is 2.71. The maximum atomic E-state index is 12.1. The number of nitrogens with one attached hydrogen (secondary N) is 2. The lowest BCUT2D eigenvalue weighted by atomic mass is 10.2. The van der Waals surface area contributed by atoms with Gasteiger partial charge in [-0.15, -0.1) is 12.4 Å². The Morgan fingerprint density at radius 3 is 2.70 bits per heavy atom. The quantitative estimate of drug-likeness (QED) is 0.756. The molecule has 0 saturated carbocycles. The highest BCUT2D eigenvalue weighted by Crippen LogP contribution is 2.28. The molecule has 0 radical (unpaired) electrons. The second-order valence-electron chi connectivity index (χ2n) is 6.04. The molecule has 1 heterocycles. The number of rotatable bonds is 7. The summed E-state index contributed by atoms with van der Waals surface area (Å²) in [6.45, 7) is 2.76. The summed E-state index contributed by atoms with van der Waals surface area (Å²) in [6.07, 6.45) is -0.431. The molecule has 27 heavy (non-hydrogen) atoms. The zero-order chi connectivity index (χ0) is 18.2. The van der Waals surface area contributed by atoms with Crippen molar-refractivity contribution in [2.75, 3.05) is 26.8 Å². The zero-order valence-corrected chi connectivity index (χ0v) is 16.1. The molecule has 1 atom stereocenters. The Labute approximate surface area is 165 Å². The Hall–Kier alpha value is -2.28. The summed E-state index contributed by atoms with van der Waals surface area (Å²) < 4.78 is 16.7. The minimum atomic E-state index is -0.431. The monoisotopic (exact) mass is 392 g/mol. The van der Waals surface area contributed by atoms with Crippen LogP contribution in [0.15, 0.2) is 48.5 Å². The van der Waals surface area contributed by atoms with Gasteiger partial charge in [0.05, 0.1) is 13.7 Å². The van der Waals surface area contributed by atoms with Gasteiger partial charge in [-0.25, -0.2) is 0 Å². The molecule has 7 heteroatoms. The second-order valence-corrected chi connectivity index (χ2v) is 6.04. The third kappa shape index (κ3) is 6.13. The lowest BCUT2D eigenvalue weighted by Gasteiger charge is -2.22. The van der Waals surface area contributed by atoms with Gasteiger partial charge >= 0.3 is 0 Å². The number of halogens is 1. The van der Waals surface area contributed by atoms with Crippen molar-refractivity contribution in [3.63, 3.8) is 0 Å². The van der Waals surface area contributed by atoms with Gasteiger partial charge in [0.1, 0.15) is 12.7 Å². The molecule has 1 fully saturated rings. The number of hydrogen-bond donors (Lipinski definition) is 2. The Kier molecular flexibility index (Phi) is 8.39. The number of morpholine rings is 1. The zero-order valence-electron chi connectivity index (χ0n) is 15.3. The smallest absolute Gasteiger partial charge is 0.250 e. The molecular weight excluding hydrogens is 368 g/mol. The van der Waals surface area contributed by atoms with Crippen molar-refractivity contribution < 1.29 is 19.0 Å². The van der Waals surface area contributed by atoms with Gasteiger partial charge < -0.3 is 24.8 Å². The topological polar surface area (TPSA) is 68.8 Å². The molecule has 2 N–H and O–H groups in total. The lowest BCUT2D eigenvalue weighted by Crippen LogP contribution is -2.47. The number of methoxy groups -OCH3 is 1. The van der Waals surface area contributed by atoms with Crippen LogP contribution in [0, 0.1) is 0 Å². The van der Waals surface area contributed by atoms with E-state index in [9.17, 15) is 4.79 Å². The van der Waals surface area contributed by atoms with Crippen molar-refractivity contribution >= 4 is 18.3 Å². The molecule has 6 nitrogen and oxygen atoms in total. The maximum Gasteiger partial charge on any atom is 0.250 e. The van der Waals surface area contributed by atoms with E-state index in [1.165, 1.54) is 0 Å². The number of carbonyl (C=O) groups excluding carboxylic acids is 1. The molecule has 0 aliphatic carbocycles. The molecule has 146 valence electrons. The summed E-state index contributed by atoms with van der Waals surface area (Å²) in [7, 11) is 1.61. The Morgan fingerprint density at radius 2 is 2.00 bits per heavy atom. The summed E-state index contributed by atoms with van der Waals surface area (Å²) in [4.78, 5) is 12.1. The van der Waals surface area contributed by atoms with Crippen molar-refractivity contribution in [2.24, 2.45) is 0 Å². The average Bonchev–Trinajstić information content (AvgIpc) is 2.72.